The molecule has 46 valence electrons. The van der Waals surface area contributed by atoms with Gasteiger partial charge in [0, 0.05) is 0 Å². The molecule has 0 aliphatic heterocycles. The van der Waals surface area contributed by atoms with Crippen LogP contribution in [0.2, 0.25) is 3.93 Å². The van der Waals surface area contributed by atoms with E-state index in [0.29, 0.717) is 3.93 Å². The van der Waals surface area contributed by atoms with Gasteiger partial charge in [-0.2, -0.15) is 0 Å². The van der Waals surface area contributed by atoms with Gasteiger partial charge in [0.25, 0.3) is 0 Å². The first kappa shape index (κ1) is 6.87. The van der Waals surface area contributed by atoms with Crippen LogP contribution in [0, 0.1) is 0 Å². The molecular formula is C6H12OSn. The normalized spacial score (nSPS) is 39.8. The van der Waals surface area contributed by atoms with E-state index in [2.05, 4.69) is 0 Å². The van der Waals surface area contributed by atoms with Crippen LogP contribution in [0.25, 0.3) is 0 Å². The van der Waals surface area contributed by atoms with Crippen LogP contribution in [0.1, 0.15) is 25.7 Å². The molecule has 8 heavy (non-hydrogen) atoms. The summed E-state index contributed by atoms with van der Waals surface area (Å²) in [5.41, 5.74) is 0. The van der Waals surface area contributed by atoms with Gasteiger partial charge < -0.3 is 0 Å². The molecule has 0 aromatic carbocycles. The van der Waals surface area contributed by atoms with Gasteiger partial charge in [0.15, 0.2) is 0 Å². The molecule has 0 bridgehead atoms. The summed E-state index contributed by atoms with van der Waals surface area (Å²) in [4.78, 5) is 0. The van der Waals surface area contributed by atoms with Crippen LogP contribution in [0.5, 0.6) is 0 Å². The average molecular weight is 219 g/mol. The van der Waals surface area contributed by atoms with Crippen molar-refractivity contribution in [2.45, 2.75) is 35.7 Å². The zero-order valence-corrected chi connectivity index (χ0v) is 8.30. The Hall–Kier alpha value is 0.759. The molecule has 0 heterocycles. The quantitative estimate of drug-likeness (QED) is 0.591. The molecule has 1 saturated carbocycles. The van der Waals surface area contributed by atoms with Gasteiger partial charge in [-0.15, -0.1) is 0 Å². The van der Waals surface area contributed by atoms with Crippen molar-refractivity contribution in [3.63, 3.8) is 0 Å². The predicted octanol–water partition coefficient (Wildman–Crippen LogP) is 0.611. The molecule has 1 aliphatic rings. The first-order valence-corrected chi connectivity index (χ1v) is 5.14. The minimum atomic E-state index is 0.0612. The standard InChI is InChI=1S/C6H11O.Sn.H/c7-6-4-2-1-3-5-6;;/h4,6-7H,1-3,5H2;;. The van der Waals surface area contributed by atoms with Crippen LogP contribution in [0.15, 0.2) is 0 Å². The Morgan fingerprint density at radius 2 is 1.88 bits per heavy atom. The molecule has 2 unspecified atom stereocenters. The number of aliphatic hydroxyl groups excluding tert-OH is 1. The summed E-state index contributed by atoms with van der Waals surface area (Å²) in [5, 5.41) is 9.21. The van der Waals surface area contributed by atoms with Crippen molar-refractivity contribution in [1.29, 1.82) is 0 Å². The molecule has 0 saturated heterocycles. The Morgan fingerprint density at radius 3 is 2.25 bits per heavy atom. The molecular weight excluding hydrogens is 207 g/mol. The van der Waals surface area contributed by atoms with Crippen molar-refractivity contribution in [3.8, 4) is 0 Å². The second-order valence-electron chi connectivity index (χ2n) is 2.52. The molecule has 0 spiro atoms. The van der Waals surface area contributed by atoms with E-state index < -0.39 is 0 Å². The zero-order valence-electron chi connectivity index (χ0n) is 5.01. The summed E-state index contributed by atoms with van der Waals surface area (Å²) in [5.74, 6) is 0. The minimum absolute atomic E-state index is 0.0612. The maximum absolute atomic E-state index is 9.21. The molecule has 2 atom stereocenters. The first-order chi connectivity index (χ1) is 3.80. The first-order valence-electron chi connectivity index (χ1n) is 3.24. The maximum atomic E-state index is 9.21. The third kappa shape index (κ3) is 1.62. The van der Waals surface area contributed by atoms with Gasteiger partial charge in [0.05, 0.1) is 0 Å². The number of hydrogen-bond acceptors (Lipinski definition) is 1. The van der Waals surface area contributed by atoms with Crippen LogP contribution < -0.4 is 0 Å². The fraction of sp³-hybridized carbons (Fsp3) is 1.00. The summed E-state index contributed by atoms with van der Waals surface area (Å²) in [6.07, 6.45) is 5.00. The second kappa shape index (κ2) is 3.06. The fourth-order valence-corrected chi connectivity index (χ4v) is 2.36. The van der Waals surface area contributed by atoms with Crippen LogP contribution in [-0.4, -0.2) is 33.7 Å². The van der Waals surface area contributed by atoms with Crippen molar-refractivity contribution < 1.29 is 5.11 Å². The van der Waals surface area contributed by atoms with Gasteiger partial charge in [0.2, 0.25) is 0 Å². The Bertz CT molecular complexity index is 64.9. The molecule has 2 heteroatoms. The summed E-state index contributed by atoms with van der Waals surface area (Å²) >= 11 is 1.24. The van der Waals surface area contributed by atoms with Gasteiger partial charge in [-0.25, -0.2) is 0 Å². The molecule has 1 aliphatic carbocycles. The van der Waals surface area contributed by atoms with Crippen molar-refractivity contribution in [3.05, 3.63) is 0 Å². The predicted molar refractivity (Wildman–Crippen MR) is 35.4 cm³/mol. The Balaban J connectivity index is 2.28. The topological polar surface area (TPSA) is 20.2 Å². The SMILES string of the molecule is OC1CCCC[CH]1[SnH]. The van der Waals surface area contributed by atoms with E-state index in [1.807, 2.05) is 0 Å². The summed E-state index contributed by atoms with van der Waals surface area (Å²) < 4.78 is 0.689. The van der Waals surface area contributed by atoms with E-state index in [0.717, 1.165) is 6.42 Å². The number of aliphatic hydroxyl groups is 1. The fourth-order valence-electron chi connectivity index (χ4n) is 1.14. The molecule has 0 aromatic heterocycles. The third-order valence-electron chi connectivity index (χ3n) is 1.78. The Morgan fingerprint density at radius 1 is 1.25 bits per heavy atom. The number of hydrogen-bond donors (Lipinski definition) is 1. The van der Waals surface area contributed by atoms with E-state index in [9.17, 15) is 5.11 Å². The van der Waals surface area contributed by atoms with Crippen LogP contribution >= 0.6 is 0 Å². The molecule has 2 radical (unpaired) electrons. The van der Waals surface area contributed by atoms with Crippen molar-refractivity contribution >= 4 is 22.5 Å². The van der Waals surface area contributed by atoms with Crippen LogP contribution in [0.4, 0.5) is 0 Å². The molecule has 0 amide bonds. The molecule has 1 fully saturated rings. The molecule has 0 aromatic rings. The average Bonchev–Trinajstić information content (AvgIpc) is 1.77. The van der Waals surface area contributed by atoms with Gasteiger partial charge in [0.1, 0.15) is 0 Å². The van der Waals surface area contributed by atoms with Gasteiger partial charge >= 0.3 is 63.4 Å². The van der Waals surface area contributed by atoms with E-state index >= 15 is 0 Å². The van der Waals surface area contributed by atoms with Gasteiger partial charge in [-0.3, -0.25) is 0 Å². The molecule has 1 N–H and O–H groups in total. The number of rotatable bonds is 0. The second-order valence-corrected chi connectivity index (χ2v) is 4.96. The van der Waals surface area contributed by atoms with Crippen molar-refractivity contribution in [2.75, 3.05) is 0 Å². The summed E-state index contributed by atoms with van der Waals surface area (Å²) in [6.45, 7) is 0. The summed E-state index contributed by atoms with van der Waals surface area (Å²) in [6, 6.07) is 0. The van der Waals surface area contributed by atoms with Crippen LogP contribution in [-0.2, 0) is 0 Å². The van der Waals surface area contributed by atoms with E-state index in [-0.39, 0.29) is 6.10 Å². The van der Waals surface area contributed by atoms with E-state index in [1.54, 1.807) is 0 Å². The van der Waals surface area contributed by atoms with Crippen molar-refractivity contribution in [1.82, 2.24) is 0 Å². The van der Waals surface area contributed by atoms with E-state index in [4.69, 9.17) is 0 Å². The van der Waals surface area contributed by atoms with Gasteiger partial charge in [-0.1, -0.05) is 0 Å². The van der Waals surface area contributed by atoms with Crippen LogP contribution in [0.3, 0.4) is 0 Å². The Kier molecular flexibility index (Phi) is 2.63. The third-order valence-corrected chi connectivity index (χ3v) is 4.00. The molecule has 1 nitrogen and oxygen atoms in total. The van der Waals surface area contributed by atoms with E-state index in [1.165, 1.54) is 41.8 Å². The van der Waals surface area contributed by atoms with Crippen molar-refractivity contribution in [2.24, 2.45) is 0 Å². The summed E-state index contributed by atoms with van der Waals surface area (Å²) in [7, 11) is 0. The molecule has 1 rings (SSSR count). The Labute approximate surface area is 63.6 Å². The van der Waals surface area contributed by atoms with Gasteiger partial charge in [-0.05, 0) is 0 Å². The zero-order chi connectivity index (χ0) is 5.98. The monoisotopic (exact) mass is 220 g/mol.